The molecule has 1 aliphatic heterocycles. The summed E-state index contributed by atoms with van der Waals surface area (Å²) in [6.07, 6.45) is 9.03. The quantitative estimate of drug-likeness (QED) is 0.852. The molecule has 1 saturated carbocycles. The first kappa shape index (κ1) is 14.8. The second-order valence-corrected chi connectivity index (χ2v) is 5.97. The van der Waals surface area contributed by atoms with Crippen LogP contribution in [0.2, 0.25) is 0 Å². The molecule has 1 aromatic heterocycles. The number of hydrogen-bond donors (Lipinski definition) is 0. The summed E-state index contributed by atoms with van der Waals surface area (Å²) >= 11 is 0. The maximum absolute atomic E-state index is 12.5. The van der Waals surface area contributed by atoms with Gasteiger partial charge in [-0.3, -0.25) is 4.79 Å². The zero-order valence-electron chi connectivity index (χ0n) is 12.6. The number of rotatable bonds is 3. The van der Waals surface area contributed by atoms with Gasteiger partial charge in [0.1, 0.15) is 12.2 Å². The number of likely N-dealkylation sites (tertiary alicyclic amines) is 1. The SMILES string of the molecule is N#Cc1nccnc1OC1CCCN(C(=O)C2CCCC2)C1. The summed E-state index contributed by atoms with van der Waals surface area (Å²) in [5, 5.41) is 9.03. The van der Waals surface area contributed by atoms with E-state index in [1.807, 2.05) is 11.0 Å². The van der Waals surface area contributed by atoms with Crippen LogP contribution >= 0.6 is 0 Å². The number of carbonyl (C=O) groups is 1. The van der Waals surface area contributed by atoms with Crippen LogP contribution in [0.25, 0.3) is 0 Å². The van der Waals surface area contributed by atoms with E-state index in [0.29, 0.717) is 6.54 Å². The van der Waals surface area contributed by atoms with Gasteiger partial charge in [-0.1, -0.05) is 12.8 Å². The van der Waals surface area contributed by atoms with Crippen molar-refractivity contribution < 1.29 is 9.53 Å². The van der Waals surface area contributed by atoms with Gasteiger partial charge in [-0.15, -0.1) is 0 Å². The predicted octanol–water partition coefficient (Wildman–Crippen LogP) is 1.91. The number of nitrogens with zero attached hydrogens (tertiary/aromatic N) is 4. The van der Waals surface area contributed by atoms with Crippen LogP contribution in [0.15, 0.2) is 12.4 Å². The van der Waals surface area contributed by atoms with Crippen molar-refractivity contribution in [2.75, 3.05) is 13.1 Å². The average molecular weight is 300 g/mol. The van der Waals surface area contributed by atoms with Gasteiger partial charge in [-0.25, -0.2) is 9.97 Å². The highest BCUT2D eigenvalue weighted by atomic mass is 16.5. The van der Waals surface area contributed by atoms with E-state index in [9.17, 15) is 4.79 Å². The van der Waals surface area contributed by atoms with Gasteiger partial charge < -0.3 is 9.64 Å². The Kier molecular flexibility index (Phi) is 4.52. The fourth-order valence-electron chi connectivity index (χ4n) is 3.31. The Labute approximate surface area is 130 Å². The lowest BCUT2D eigenvalue weighted by Gasteiger charge is -2.34. The number of ether oxygens (including phenoxy) is 1. The molecule has 116 valence electrons. The van der Waals surface area contributed by atoms with Gasteiger partial charge in [0.25, 0.3) is 5.88 Å². The van der Waals surface area contributed by atoms with Crippen molar-refractivity contribution >= 4 is 5.91 Å². The molecule has 0 aromatic carbocycles. The second-order valence-electron chi connectivity index (χ2n) is 5.97. The molecule has 1 aliphatic carbocycles. The third-order valence-corrected chi connectivity index (χ3v) is 4.44. The molecule has 2 fully saturated rings. The first-order chi connectivity index (χ1) is 10.8. The van der Waals surface area contributed by atoms with Crippen LogP contribution in [-0.4, -0.2) is 40.0 Å². The molecule has 1 amide bonds. The molecule has 0 spiro atoms. The minimum atomic E-state index is -0.108. The van der Waals surface area contributed by atoms with E-state index >= 15 is 0 Å². The zero-order valence-corrected chi connectivity index (χ0v) is 12.6. The van der Waals surface area contributed by atoms with Gasteiger partial charge in [0.2, 0.25) is 11.6 Å². The largest absolute Gasteiger partial charge is 0.470 e. The average Bonchev–Trinajstić information content (AvgIpc) is 3.09. The molecule has 6 heteroatoms. The van der Waals surface area contributed by atoms with E-state index < -0.39 is 0 Å². The van der Waals surface area contributed by atoms with Crippen LogP contribution in [0.1, 0.15) is 44.2 Å². The van der Waals surface area contributed by atoms with E-state index in [-0.39, 0.29) is 29.5 Å². The molecule has 1 atom stereocenters. The Morgan fingerprint density at radius 1 is 1.23 bits per heavy atom. The molecule has 1 unspecified atom stereocenters. The van der Waals surface area contributed by atoms with Crippen LogP contribution in [-0.2, 0) is 4.79 Å². The zero-order chi connectivity index (χ0) is 15.4. The highest BCUT2D eigenvalue weighted by molar-refractivity contribution is 5.79. The predicted molar refractivity (Wildman–Crippen MR) is 78.9 cm³/mol. The summed E-state index contributed by atoms with van der Waals surface area (Å²) in [7, 11) is 0. The van der Waals surface area contributed by atoms with Gasteiger partial charge in [0.05, 0.1) is 6.54 Å². The third kappa shape index (κ3) is 3.19. The van der Waals surface area contributed by atoms with E-state index in [4.69, 9.17) is 10.00 Å². The highest BCUT2D eigenvalue weighted by Gasteiger charge is 2.31. The van der Waals surface area contributed by atoms with Gasteiger partial charge in [0.15, 0.2) is 0 Å². The highest BCUT2D eigenvalue weighted by Crippen LogP contribution is 2.28. The second kappa shape index (κ2) is 6.73. The molecule has 2 aliphatic rings. The Hall–Kier alpha value is -2.16. The van der Waals surface area contributed by atoms with Crippen LogP contribution < -0.4 is 4.74 Å². The molecule has 0 N–H and O–H groups in total. The van der Waals surface area contributed by atoms with E-state index in [1.165, 1.54) is 12.4 Å². The topological polar surface area (TPSA) is 79.1 Å². The van der Waals surface area contributed by atoms with Gasteiger partial charge in [0, 0.05) is 24.9 Å². The number of aromatic nitrogens is 2. The number of nitriles is 1. The summed E-state index contributed by atoms with van der Waals surface area (Å²) in [5.74, 6) is 0.737. The normalized spacial score (nSPS) is 22.3. The Morgan fingerprint density at radius 2 is 2.00 bits per heavy atom. The summed E-state index contributed by atoms with van der Waals surface area (Å²) in [6.45, 7) is 1.39. The monoisotopic (exact) mass is 300 g/mol. The first-order valence-corrected chi connectivity index (χ1v) is 7.94. The van der Waals surface area contributed by atoms with E-state index in [1.54, 1.807) is 0 Å². The maximum atomic E-state index is 12.5. The van der Waals surface area contributed by atoms with E-state index in [2.05, 4.69) is 9.97 Å². The van der Waals surface area contributed by atoms with Crippen LogP contribution in [0, 0.1) is 17.2 Å². The summed E-state index contributed by atoms with van der Waals surface area (Å²) < 4.78 is 5.83. The number of carbonyl (C=O) groups excluding carboxylic acids is 1. The lowest BCUT2D eigenvalue weighted by molar-refractivity contribution is -0.138. The molecule has 3 rings (SSSR count). The fourth-order valence-corrected chi connectivity index (χ4v) is 3.31. The fraction of sp³-hybridized carbons (Fsp3) is 0.625. The number of amides is 1. The van der Waals surface area contributed by atoms with Crippen molar-refractivity contribution in [2.24, 2.45) is 5.92 Å². The molecule has 22 heavy (non-hydrogen) atoms. The first-order valence-electron chi connectivity index (χ1n) is 7.94. The third-order valence-electron chi connectivity index (χ3n) is 4.44. The smallest absolute Gasteiger partial charge is 0.251 e. The molecule has 2 heterocycles. The van der Waals surface area contributed by atoms with Gasteiger partial charge >= 0.3 is 0 Å². The maximum Gasteiger partial charge on any atom is 0.251 e. The Morgan fingerprint density at radius 3 is 2.77 bits per heavy atom. The van der Waals surface area contributed by atoms with E-state index in [0.717, 1.165) is 45.1 Å². The molecular formula is C16H20N4O2. The van der Waals surface area contributed by atoms with Crippen molar-refractivity contribution in [3.05, 3.63) is 18.1 Å². The van der Waals surface area contributed by atoms with Crippen LogP contribution in [0.3, 0.4) is 0 Å². The summed E-state index contributed by atoms with van der Waals surface area (Å²) in [6, 6.07) is 1.98. The van der Waals surface area contributed by atoms with Crippen molar-refractivity contribution in [3.63, 3.8) is 0 Å². The van der Waals surface area contributed by atoms with Crippen molar-refractivity contribution in [3.8, 4) is 11.9 Å². The number of piperidine rings is 1. The summed E-state index contributed by atoms with van der Waals surface area (Å²) in [4.78, 5) is 22.5. The minimum absolute atomic E-state index is 0.108. The molecule has 6 nitrogen and oxygen atoms in total. The number of hydrogen-bond acceptors (Lipinski definition) is 5. The lowest BCUT2D eigenvalue weighted by atomic mass is 10.0. The van der Waals surface area contributed by atoms with Crippen molar-refractivity contribution in [1.29, 1.82) is 5.26 Å². The lowest BCUT2D eigenvalue weighted by Crippen LogP contribution is -2.46. The Bertz CT molecular complexity index is 578. The van der Waals surface area contributed by atoms with Crippen LogP contribution in [0.5, 0.6) is 5.88 Å². The molecule has 1 saturated heterocycles. The van der Waals surface area contributed by atoms with Crippen LogP contribution in [0.4, 0.5) is 0 Å². The summed E-state index contributed by atoms with van der Waals surface area (Å²) in [5.41, 5.74) is 0.196. The molecule has 1 aromatic rings. The Balaban J connectivity index is 1.63. The molecule has 0 bridgehead atoms. The van der Waals surface area contributed by atoms with Crippen molar-refractivity contribution in [1.82, 2.24) is 14.9 Å². The van der Waals surface area contributed by atoms with Gasteiger partial charge in [-0.05, 0) is 25.7 Å². The minimum Gasteiger partial charge on any atom is -0.470 e. The standard InChI is InChI=1S/C16H20N4O2/c17-10-14-15(19-8-7-18-14)22-13-6-3-9-20(11-13)16(21)12-4-1-2-5-12/h7-8,12-13H,1-6,9,11H2. The van der Waals surface area contributed by atoms with Crippen molar-refractivity contribution in [2.45, 2.75) is 44.6 Å². The van der Waals surface area contributed by atoms with Gasteiger partial charge in [-0.2, -0.15) is 5.26 Å². The molecule has 0 radical (unpaired) electrons. The molecular weight excluding hydrogens is 280 g/mol.